The zero-order valence-electron chi connectivity index (χ0n) is 11.0. The number of hydrogen-bond donors (Lipinski definition) is 1. The van der Waals surface area contributed by atoms with Gasteiger partial charge in [0, 0.05) is 25.1 Å². The van der Waals surface area contributed by atoms with Crippen LogP contribution in [0.3, 0.4) is 0 Å². The molecule has 0 bridgehead atoms. The highest BCUT2D eigenvalue weighted by molar-refractivity contribution is 8.00. The second-order valence-electron chi connectivity index (χ2n) is 4.18. The summed E-state index contributed by atoms with van der Waals surface area (Å²) in [5, 5.41) is 2.85. The van der Waals surface area contributed by atoms with E-state index >= 15 is 0 Å². The van der Waals surface area contributed by atoms with Crippen molar-refractivity contribution in [1.29, 1.82) is 0 Å². The molecule has 0 aliphatic rings. The third-order valence-corrected chi connectivity index (χ3v) is 4.83. The Hall–Kier alpha value is -1.86. The first kappa shape index (κ1) is 13.1. The maximum absolute atomic E-state index is 12.1. The second kappa shape index (κ2) is 5.26. The highest BCUT2D eigenvalue weighted by atomic mass is 32.2. The van der Waals surface area contributed by atoms with Crippen molar-refractivity contribution in [2.24, 2.45) is 7.05 Å². The highest BCUT2D eigenvalue weighted by Gasteiger charge is 2.11. The molecule has 2 heterocycles. The number of imidazole rings is 1. The van der Waals surface area contributed by atoms with Crippen LogP contribution in [0.5, 0.6) is 0 Å². The van der Waals surface area contributed by atoms with Crippen molar-refractivity contribution < 1.29 is 4.79 Å². The Bertz CT molecular complexity index is 778. The van der Waals surface area contributed by atoms with Crippen LogP contribution in [0.25, 0.3) is 10.2 Å². The topological polar surface area (TPSA) is 59.8 Å². The molecular weight excluding hydrogens is 292 g/mol. The van der Waals surface area contributed by atoms with Gasteiger partial charge in [-0.25, -0.2) is 9.97 Å². The van der Waals surface area contributed by atoms with Crippen LogP contribution < -0.4 is 5.32 Å². The van der Waals surface area contributed by atoms with Gasteiger partial charge in [0.05, 0.1) is 10.2 Å². The summed E-state index contributed by atoms with van der Waals surface area (Å²) in [5.41, 5.74) is 1.70. The van der Waals surface area contributed by atoms with Crippen LogP contribution in [0, 0.1) is 0 Å². The van der Waals surface area contributed by atoms with Gasteiger partial charge in [-0.2, -0.15) is 0 Å². The Balaban J connectivity index is 1.87. The zero-order valence-corrected chi connectivity index (χ0v) is 12.6. The lowest BCUT2D eigenvalue weighted by molar-refractivity contribution is 0.101. The molecule has 3 rings (SSSR count). The van der Waals surface area contributed by atoms with Crippen LogP contribution >= 0.6 is 23.1 Å². The number of amides is 1. The number of thioether (sulfide) groups is 1. The molecule has 1 aromatic carbocycles. The van der Waals surface area contributed by atoms with Crippen LogP contribution in [0.1, 0.15) is 10.6 Å². The predicted octanol–water partition coefficient (Wildman–Crippen LogP) is 3.00. The van der Waals surface area contributed by atoms with E-state index in [4.69, 9.17) is 0 Å². The number of thiazole rings is 1. The molecule has 0 aliphatic carbocycles. The smallest absolute Gasteiger partial charge is 0.291 e. The van der Waals surface area contributed by atoms with Crippen LogP contribution in [-0.2, 0) is 7.05 Å². The van der Waals surface area contributed by atoms with E-state index < -0.39 is 0 Å². The van der Waals surface area contributed by atoms with Crippen LogP contribution in [0.15, 0.2) is 34.9 Å². The molecule has 2 aromatic heterocycles. The molecule has 0 fully saturated rings. The van der Waals surface area contributed by atoms with Gasteiger partial charge < -0.3 is 9.88 Å². The molecule has 20 heavy (non-hydrogen) atoms. The molecule has 0 saturated carbocycles. The summed E-state index contributed by atoms with van der Waals surface area (Å²) >= 11 is 3.24. The lowest BCUT2D eigenvalue weighted by Crippen LogP contribution is -2.16. The van der Waals surface area contributed by atoms with Crippen molar-refractivity contribution >= 4 is 44.9 Å². The summed E-state index contributed by atoms with van der Waals surface area (Å²) < 4.78 is 3.77. The van der Waals surface area contributed by atoms with Crippen molar-refractivity contribution in [3.05, 3.63) is 36.4 Å². The fourth-order valence-corrected chi connectivity index (χ4v) is 3.37. The molecule has 0 unspecified atom stereocenters. The number of carbonyl (C=O) groups excluding carboxylic acids is 1. The molecule has 102 valence electrons. The van der Waals surface area contributed by atoms with Gasteiger partial charge in [0.2, 0.25) is 0 Å². The average molecular weight is 304 g/mol. The third-order valence-electron chi connectivity index (χ3n) is 2.83. The number of nitrogens with zero attached hydrogens (tertiary/aromatic N) is 3. The summed E-state index contributed by atoms with van der Waals surface area (Å²) in [5.74, 6) is 0.172. The van der Waals surface area contributed by atoms with Crippen LogP contribution in [0.4, 0.5) is 5.69 Å². The molecule has 1 N–H and O–H groups in total. The molecule has 0 aliphatic heterocycles. The minimum Gasteiger partial charge on any atom is -0.330 e. The Morgan fingerprint density at radius 1 is 1.45 bits per heavy atom. The Morgan fingerprint density at radius 3 is 3.00 bits per heavy atom. The van der Waals surface area contributed by atoms with Gasteiger partial charge in [0.1, 0.15) is 0 Å². The van der Waals surface area contributed by atoms with Crippen molar-refractivity contribution in [1.82, 2.24) is 14.5 Å². The number of fused-ring (bicyclic) bond motifs is 1. The van der Waals surface area contributed by atoms with E-state index in [0.29, 0.717) is 5.82 Å². The van der Waals surface area contributed by atoms with Gasteiger partial charge in [-0.3, -0.25) is 4.79 Å². The zero-order chi connectivity index (χ0) is 14.1. The fraction of sp³-hybridized carbons (Fsp3) is 0.154. The first-order valence-corrected chi connectivity index (χ1v) is 7.95. The van der Waals surface area contributed by atoms with E-state index in [9.17, 15) is 4.79 Å². The number of aromatic nitrogens is 3. The van der Waals surface area contributed by atoms with E-state index in [-0.39, 0.29) is 5.91 Å². The molecule has 3 aromatic rings. The number of aryl methyl sites for hydroxylation is 1. The van der Waals surface area contributed by atoms with Crippen molar-refractivity contribution in [2.45, 2.75) is 4.34 Å². The van der Waals surface area contributed by atoms with E-state index in [2.05, 4.69) is 15.3 Å². The first-order valence-electron chi connectivity index (χ1n) is 5.90. The number of rotatable bonds is 3. The quantitative estimate of drug-likeness (QED) is 0.756. The molecule has 0 atom stereocenters. The SMILES string of the molecule is CSc1nc2ccc(NC(=O)c3nccn3C)cc2s1. The normalized spacial score (nSPS) is 10.9. The molecule has 7 heteroatoms. The molecule has 1 amide bonds. The Morgan fingerprint density at radius 2 is 2.30 bits per heavy atom. The summed E-state index contributed by atoms with van der Waals surface area (Å²) in [4.78, 5) is 20.6. The molecule has 0 saturated heterocycles. The monoisotopic (exact) mass is 304 g/mol. The van der Waals surface area contributed by atoms with Crippen molar-refractivity contribution in [2.75, 3.05) is 11.6 Å². The Labute approximate surface area is 124 Å². The first-order chi connectivity index (χ1) is 9.67. The summed E-state index contributed by atoms with van der Waals surface area (Å²) in [6.45, 7) is 0. The fourth-order valence-electron chi connectivity index (χ4n) is 1.84. The number of carbonyl (C=O) groups is 1. The van der Waals surface area contributed by atoms with Gasteiger partial charge in [-0.15, -0.1) is 11.3 Å². The van der Waals surface area contributed by atoms with Gasteiger partial charge in [0.15, 0.2) is 10.2 Å². The van der Waals surface area contributed by atoms with Crippen LogP contribution in [0.2, 0.25) is 0 Å². The maximum atomic E-state index is 12.1. The van der Waals surface area contributed by atoms with Crippen molar-refractivity contribution in [3.63, 3.8) is 0 Å². The van der Waals surface area contributed by atoms with E-state index in [1.807, 2.05) is 24.5 Å². The van der Waals surface area contributed by atoms with Gasteiger partial charge in [-0.05, 0) is 24.5 Å². The minimum absolute atomic E-state index is 0.216. The molecular formula is C13H12N4OS2. The van der Waals surface area contributed by atoms with E-state index in [1.54, 1.807) is 47.1 Å². The molecule has 5 nitrogen and oxygen atoms in total. The lowest BCUT2D eigenvalue weighted by atomic mass is 10.3. The molecule has 0 spiro atoms. The van der Waals surface area contributed by atoms with Crippen LogP contribution in [-0.4, -0.2) is 26.7 Å². The average Bonchev–Trinajstić information content (AvgIpc) is 3.03. The van der Waals surface area contributed by atoms with Crippen molar-refractivity contribution in [3.8, 4) is 0 Å². The largest absolute Gasteiger partial charge is 0.330 e. The summed E-state index contributed by atoms with van der Waals surface area (Å²) in [6, 6.07) is 5.71. The van der Waals surface area contributed by atoms with Gasteiger partial charge >= 0.3 is 0 Å². The number of anilines is 1. The standard InChI is InChI=1S/C13H12N4OS2/c1-17-6-5-14-11(17)12(18)15-8-3-4-9-10(7-8)20-13(16-9)19-2/h3-7H,1-2H3,(H,15,18). The molecule has 0 radical (unpaired) electrons. The second-order valence-corrected chi connectivity index (χ2v) is 6.27. The highest BCUT2D eigenvalue weighted by Crippen LogP contribution is 2.30. The third kappa shape index (κ3) is 2.41. The predicted molar refractivity (Wildman–Crippen MR) is 82.6 cm³/mol. The lowest BCUT2D eigenvalue weighted by Gasteiger charge is -2.04. The number of nitrogens with one attached hydrogen (secondary N) is 1. The Kier molecular flexibility index (Phi) is 3.45. The maximum Gasteiger partial charge on any atom is 0.291 e. The summed E-state index contributed by atoms with van der Waals surface area (Å²) in [7, 11) is 1.79. The van der Waals surface area contributed by atoms with E-state index in [1.165, 1.54) is 0 Å². The number of hydrogen-bond acceptors (Lipinski definition) is 5. The number of benzene rings is 1. The van der Waals surface area contributed by atoms with Gasteiger partial charge in [-0.1, -0.05) is 11.8 Å². The minimum atomic E-state index is -0.216. The van der Waals surface area contributed by atoms with Gasteiger partial charge in [0.25, 0.3) is 5.91 Å². The van der Waals surface area contributed by atoms with E-state index in [0.717, 1.165) is 20.2 Å². The summed E-state index contributed by atoms with van der Waals surface area (Å²) in [6.07, 6.45) is 5.35.